The third kappa shape index (κ3) is 7.22. The number of hydrogen-bond donors (Lipinski definition) is 0. The summed E-state index contributed by atoms with van der Waals surface area (Å²) in [5.74, 6) is 2.48. The number of hydrogen-bond acceptors (Lipinski definition) is 2. The second-order valence-electron chi connectivity index (χ2n) is 6.10. The fraction of sp³-hybridized carbons (Fsp3) is 0.579. The van der Waals surface area contributed by atoms with Crippen LogP contribution < -0.4 is 4.74 Å². The van der Waals surface area contributed by atoms with Crippen molar-refractivity contribution in [2.24, 2.45) is 11.8 Å². The zero-order valence-corrected chi connectivity index (χ0v) is 13.8. The molecule has 0 heterocycles. The van der Waals surface area contributed by atoms with Crippen molar-refractivity contribution in [1.29, 1.82) is 0 Å². The summed E-state index contributed by atoms with van der Waals surface area (Å²) in [6.07, 6.45) is 5.11. The van der Waals surface area contributed by atoms with Crippen molar-refractivity contribution in [3.63, 3.8) is 0 Å². The lowest BCUT2D eigenvalue weighted by Crippen LogP contribution is -2.09. The molecule has 0 aliphatic heterocycles. The summed E-state index contributed by atoms with van der Waals surface area (Å²) in [4.78, 5) is 0. The van der Waals surface area contributed by atoms with Crippen LogP contribution in [0.1, 0.15) is 52.0 Å². The van der Waals surface area contributed by atoms with Crippen molar-refractivity contribution in [1.82, 2.24) is 0 Å². The standard InChI is InChI=1S/C19H28O2/c1-15(2)9-6-7-10-16(3)14-21-19-12-8-11-18(13-19)17(4)20-5/h4,8,11,13,15-16H,6-7,9-10,14H2,1-3,5H3. The topological polar surface area (TPSA) is 18.5 Å². The maximum absolute atomic E-state index is 5.80. The Bertz CT molecular complexity index is 423. The Morgan fingerprint density at radius 3 is 2.62 bits per heavy atom. The minimum Gasteiger partial charge on any atom is -0.496 e. The van der Waals surface area contributed by atoms with Gasteiger partial charge in [0.2, 0.25) is 0 Å². The summed E-state index contributed by atoms with van der Waals surface area (Å²) in [7, 11) is 1.56. The van der Waals surface area contributed by atoms with Crippen LogP contribution in [0.4, 0.5) is 0 Å². The molecule has 0 N–H and O–H groups in total. The number of ether oxygens (including phenoxy) is 2. The van der Waals surface area contributed by atoms with Gasteiger partial charge in [-0.1, -0.05) is 46.1 Å². The summed E-state index contributed by atoms with van der Waals surface area (Å²) >= 11 is 0. The molecule has 0 saturated carbocycles. The molecule has 2 nitrogen and oxygen atoms in total. The van der Waals surface area contributed by atoms with E-state index in [1.807, 2.05) is 18.2 Å². The normalized spacial score (nSPS) is 12.2. The molecular weight excluding hydrogens is 260 g/mol. The molecule has 1 rings (SSSR count). The fourth-order valence-corrected chi connectivity index (χ4v) is 2.16. The fourth-order valence-electron chi connectivity index (χ4n) is 2.16. The van der Waals surface area contributed by atoms with Gasteiger partial charge in [-0.25, -0.2) is 0 Å². The predicted molar refractivity (Wildman–Crippen MR) is 88.0 cm³/mol. The molecule has 1 aromatic carbocycles. The summed E-state index contributed by atoms with van der Waals surface area (Å²) in [6.45, 7) is 13.2. The lowest BCUT2D eigenvalue weighted by atomic mass is 10.0. The molecule has 0 spiro atoms. The van der Waals surface area contributed by atoms with E-state index in [1.54, 1.807) is 7.11 Å². The van der Waals surface area contributed by atoms with Crippen LogP contribution in [-0.2, 0) is 4.74 Å². The van der Waals surface area contributed by atoms with E-state index in [-0.39, 0.29) is 0 Å². The second-order valence-corrected chi connectivity index (χ2v) is 6.10. The van der Waals surface area contributed by atoms with Gasteiger partial charge in [0.25, 0.3) is 0 Å². The molecule has 0 amide bonds. The highest BCUT2D eigenvalue weighted by molar-refractivity contribution is 5.57. The molecule has 2 radical (unpaired) electrons. The average Bonchev–Trinajstić information content (AvgIpc) is 2.48. The monoisotopic (exact) mass is 288 g/mol. The van der Waals surface area contributed by atoms with E-state index in [2.05, 4.69) is 26.8 Å². The van der Waals surface area contributed by atoms with Gasteiger partial charge in [-0.15, -0.1) is 0 Å². The van der Waals surface area contributed by atoms with Crippen molar-refractivity contribution in [3.05, 3.63) is 36.4 Å². The highest BCUT2D eigenvalue weighted by atomic mass is 16.5. The van der Waals surface area contributed by atoms with Gasteiger partial charge in [0.05, 0.1) is 13.7 Å². The molecule has 0 bridgehead atoms. The molecule has 0 aliphatic carbocycles. The number of rotatable bonds is 10. The summed E-state index contributed by atoms with van der Waals surface area (Å²) in [5.41, 5.74) is 0.829. The highest BCUT2D eigenvalue weighted by Crippen LogP contribution is 2.20. The Hall–Kier alpha value is -1.44. The summed E-state index contributed by atoms with van der Waals surface area (Å²) in [6, 6.07) is 8.62. The maximum atomic E-state index is 5.80. The molecule has 0 fully saturated rings. The first-order valence-electron chi connectivity index (χ1n) is 7.84. The molecule has 0 aliphatic rings. The van der Waals surface area contributed by atoms with Gasteiger partial charge in [0.1, 0.15) is 11.5 Å². The van der Waals surface area contributed by atoms with E-state index >= 15 is 0 Å². The Balaban J connectivity index is 2.32. The van der Waals surface area contributed by atoms with E-state index in [9.17, 15) is 0 Å². The smallest absolute Gasteiger partial charge is 0.127 e. The zero-order valence-electron chi connectivity index (χ0n) is 13.8. The van der Waals surface area contributed by atoms with Gasteiger partial charge in [-0.2, -0.15) is 0 Å². The predicted octanol–water partition coefficient (Wildman–Crippen LogP) is 5.14. The quantitative estimate of drug-likeness (QED) is 0.438. The molecule has 116 valence electrons. The number of benzene rings is 1. The van der Waals surface area contributed by atoms with Gasteiger partial charge in [0.15, 0.2) is 0 Å². The molecule has 0 aromatic heterocycles. The maximum Gasteiger partial charge on any atom is 0.127 e. The Morgan fingerprint density at radius 2 is 1.95 bits per heavy atom. The van der Waals surface area contributed by atoms with Crippen molar-refractivity contribution < 1.29 is 9.47 Å². The number of methoxy groups -OCH3 is 1. The van der Waals surface area contributed by atoms with Crippen LogP contribution in [0.15, 0.2) is 18.2 Å². The van der Waals surface area contributed by atoms with Gasteiger partial charge in [-0.3, -0.25) is 0 Å². The summed E-state index contributed by atoms with van der Waals surface area (Å²) < 4.78 is 10.8. The van der Waals surface area contributed by atoms with E-state index in [4.69, 9.17) is 16.1 Å². The van der Waals surface area contributed by atoms with Crippen molar-refractivity contribution in [2.75, 3.05) is 13.7 Å². The SMILES string of the molecule is [CH]=C(OC)c1cc[c]c(OCC(C)CCCCC(C)C)c1. The van der Waals surface area contributed by atoms with Crippen LogP contribution in [0.2, 0.25) is 0 Å². The van der Waals surface area contributed by atoms with Gasteiger partial charge >= 0.3 is 0 Å². The van der Waals surface area contributed by atoms with E-state index in [1.165, 1.54) is 25.7 Å². The van der Waals surface area contributed by atoms with Gasteiger partial charge in [-0.05, 0) is 37.0 Å². The largest absolute Gasteiger partial charge is 0.496 e. The molecular formula is C19H28O2. The Labute approximate surface area is 130 Å². The van der Waals surface area contributed by atoms with Crippen LogP contribution in [0.3, 0.4) is 0 Å². The van der Waals surface area contributed by atoms with Gasteiger partial charge in [0, 0.05) is 11.6 Å². The van der Waals surface area contributed by atoms with Crippen LogP contribution >= 0.6 is 0 Å². The lowest BCUT2D eigenvalue weighted by Gasteiger charge is -2.14. The molecule has 2 heteroatoms. The van der Waals surface area contributed by atoms with Gasteiger partial charge < -0.3 is 9.47 Å². The van der Waals surface area contributed by atoms with E-state index < -0.39 is 0 Å². The Kier molecular flexibility index (Phi) is 7.96. The molecule has 1 atom stereocenters. The second kappa shape index (κ2) is 9.49. The van der Waals surface area contributed by atoms with E-state index in [0.717, 1.165) is 17.2 Å². The van der Waals surface area contributed by atoms with Crippen LogP contribution in [0, 0.1) is 24.5 Å². The highest BCUT2D eigenvalue weighted by Gasteiger charge is 2.06. The third-order valence-corrected chi connectivity index (χ3v) is 3.53. The first kappa shape index (κ1) is 17.6. The average molecular weight is 288 g/mol. The first-order valence-corrected chi connectivity index (χ1v) is 7.84. The van der Waals surface area contributed by atoms with Crippen molar-refractivity contribution in [2.45, 2.75) is 46.5 Å². The minimum atomic E-state index is 0.399. The molecule has 21 heavy (non-hydrogen) atoms. The zero-order chi connectivity index (χ0) is 15.7. The molecule has 1 aromatic rings. The van der Waals surface area contributed by atoms with Crippen LogP contribution in [0.5, 0.6) is 5.75 Å². The Morgan fingerprint density at radius 1 is 1.24 bits per heavy atom. The van der Waals surface area contributed by atoms with Crippen LogP contribution in [0.25, 0.3) is 5.76 Å². The minimum absolute atomic E-state index is 0.399. The molecule has 1 unspecified atom stereocenters. The van der Waals surface area contributed by atoms with Crippen molar-refractivity contribution in [3.8, 4) is 5.75 Å². The summed E-state index contributed by atoms with van der Waals surface area (Å²) in [5, 5.41) is 0. The third-order valence-electron chi connectivity index (χ3n) is 3.53. The first-order chi connectivity index (χ1) is 10.0. The lowest BCUT2D eigenvalue weighted by molar-refractivity contribution is 0.247. The van der Waals surface area contributed by atoms with E-state index in [0.29, 0.717) is 18.3 Å². The van der Waals surface area contributed by atoms with Crippen molar-refractivity contribution >= 4 is 5.76 Å². The number of unbranched alkanes of at least 4 members (excludes halogenated alkanes) is 1. The van der Waals surface area contributed by atoms with Crippen LogP contribution in [-0.4, -0.2) is 13.7 Å². The molecule has 0 saturated heterocycles.